The molecule has 3 aromatic rings. The minimum atomic E-state index is -0.597. The van der Waals surface area contributed by atoms with Crippen molar-refractivity contribution in [1.82, 2.24) is 14.9 Å². The largest absolute Gasteiger partial charge is 0.396 e. The van der Waals surface area contributed by atoms with Gasteiger partial charge < -0.3 is 16.0 Å². The Kier molecular flexibility index (Phi) is 5.92. The molecule has 1 saturated carbocycles. The third-order valence-corrected chi connectivity index (χ3v) is 7.69. The quantitative estimate of drug-likeness (QED) is 0.390. The van der Waals surface area contributed by atoms with Gasteiger partial charge in [-0.2, -0.15) is 0 Å². The Hall–Kier alpha value is -3.52. The molecule has 2 fully saturated rings. The molecule has 7 nitrogen and oxygen atoms in total. The fraction of sp³-hybridized carbons (Fsp3) is 0.308. The van der Waals surface area contributed by atoms with Gasteiger partial charge in [0.1, 0.15) is 5.82 Å². The van der Waals surface area contributed by atoms with Crippen molar-refractivity contribution in [2.24, 2.45) is 0 Å². The van der Waals surface area contributed by atoms with Crippen LogP contribution in [0.5, 0.6) is 0 Å². The number of carbonyl (C=O) groups excluding carboxylic acids is 2. The molecule has 180 valence electrons. The second kappa shape index (κ2) is 8.92. The molecule has 3 N–H and O–H groups in total. The number of aromatic nitrogens is 2. The van der Waals surface area contributed by atoms with E-state index >= 15 is 0 Å². The summed E-state index contributed by atoms with van der Waals surface area (Å²) >= 11 is 6.24. The first-order valence-corrected chi connectivity index (χ1v) is 11.9. The minimum absolute atomic E-state index is 0.0450. The van der Waals surface area contributed by atoms with Gasteiger partial charge in [0, 0.05) is 60.2 Å². The Morgan fingerprint density at radius 2 is 1.94 bits per heavy atom. The van der Waals surface area contributed by atoms with Crippen LogP contribution in [0.3, 0.4) is 0 Å². The van der Waals surface area contributed by atoms with Gasteiger partial charge in [-0.3, -0.25) is 14.6 Å². The second-order valence-electron chi connectivity index (χ2n) is 9.27. The van der Waals surface area contributed by atoms with Gasteiger partial charge in [0.25, 0.3) is 0 Å². The molecule has 9 heteroatoms. The van der Waals surface area contributed by atoms with Crippen molar-refractivity contribution in [3.8, 4) is 11.1 Å². The molecule has 0 atom stereocenters. The van der Waals surface area contributed by atoms with Gasteiger partial charge in [0.15, 0.2) is 5.82 Å². The third kappa shape index (κ3) is 4.23. The number of nitrogen functional groups attached to an aromatic ring is 1. The second-order valence-corrected chi connectivity index (χ2v) is 9.67. The van der Waals surface area contributed by atoms with E-state index in [0.29, 0.717) is 33.6 Å². The number of allylic oxidation sites excluding steroid dienone is 1. The average Bonchev–Trinajstić information content (AvgIpc) is 3.12. The summed E-state index contributed by atoms with van der Waals surface area (Å²) in [5.41, 5.74) is 7.66. The van der Waals surface area contributed by atoms with Crippen LogP contribution in [0.25, 0.3) is 21.9 Å². The van der Waals surface area contributed by atoms with E-state index in [2.05, 4.69) is 15.3 Å². The Labute approximate surface area is 207 Å². The van der Waals surface area contributed by atoms with E-state index in [1.165, 1.54) is 18.6 Å². The summed E-state index contributed by atoms with van der Waals surface area (Å²) in [7, 11) is 1.88. The average molecular weight is 494 g/mol. The molecule has 1 aliphatic carbocycles. The van der Waals surface area contributed by atoms with Gasteiger partial charge in [0.2, 0.25) is 11.8 Å². The number of hydrogen-bond acceptors (Lipinski definition) is 5. The predicted molar refractivity (Wildman–Crippen MR) is 134 cm³/mol. The van der Waals surface area contributed by atoms with Gasteiger partial charge >= 0.3 is 0 Å². The molecule has 3 heterocycles. The highest BCUT2D eigenvalue weighted by Gasteiger charge is 2.44. The smallest absolute Gasteiger partial charge is 0.249 e. The summed E-state index contributed by atoms with van der Waals surface area (Å²) in [4.78, 5) is 34.8. The van der Waals surface area contributed by atoms with Crippen LogP contribution < -0.4 is 11.1 Å². The van der Waals surface area contributed by atoms with Gasteiger partial charge in [-0.1, -0.05) is 17.2 Å². The van der Waals surface area contributed by atoms with E-state index in [-0.39, 0.29) is 28.6 Å². The molecule has 35 heavy (non-hydrogen) atoms. The summed E-state index contributed by atoms with van der Waals surface area (Å²) in [6, 6.07) is 4.86. The molecule has 1 saturated heterocycles. The highest BCUT2D eigenvalue weighted by atomic mass is 35.5. The number of fused-ring (bicyclic) bond motifs is 1. The summed E-state index contributed by atoms with van der Waals surface area (Å²) in [6.45, 7) is 0. The number of nitrogens with zero attached hydrogens (tertiary/aromatic N) is 3. The summed E-state index contributed by atoms with van der Waals surface area (Å²) in [6.07, 6.45) is 10.9. The maximum atomic E-state index is 15.0. The molecule has 5 rings (SSSR count). The van der Waals surface area contributed by atoms with Crippen molar-refractivity contribution in [2.75, 3.05) is 18.1 Å². The Balaban J connectivity index is 1.35. The van der Waals surface area contributed by atoms with E-state index < -0.39 is 5.82 Å². The number of rotatable bonds is 3. The lowest BCUT2D eigenvalue weighted by molar-refractivity contribution is -0.130. The highest BCUT2D eigenvalue weighted by molar-refractivity contribution is 6.33. The van der Waals surface area contributed by atoms with Crippen LogP contribution in [0.2, 0.25) is 5.02 Å². The maximum absolute atomic E-state index is 15.0. The molecule has 2 aliphatic rings. The number of carbonyl (C=O) groups is 2. The number of benzene rings is 1. The first kappa shape index (κ1) is 23.2. The maximum Gasteiger partial charge on any atom is 0.249 e. The molecule has 1 spiro atoms. The molecular formula is C26H25ClFN5O2. The highest BCUT2D eigenvalue weighted by Crippen LogP contribution is 2.43. The van der Waals surface area contributed by atoms with Crippen LogP contribution in [0.1, 0.15) is 38.5 Å². The van der Waals surface area contributed by atoms with Gasteiger partial charge in [-0.15, -0.1) is 0 Å². The fourth-order valence-electron chi connectivity index (χ4n) is 5.19. The number of hydrogen-bond donors (Lipinski definition) is 2. The lowest BCUT2D eigenvalue weighted by atomic mass is 9.77. The molecule has 0 unspecified atom stereocenters. The summed E-state index contributed by atoms with van der Waals surface area (Å²) in [5.74, 6) is -0.335. The Morgan fingerprint density at radius 1 is 1.20 bits per heavy atom. The first-order valence-electron chi connectivity index (χ1n) is 11.5. The van der Waals surface area contributed by atoms with Crippen LogP contribution in [0.15, 0.2) is 48.4 Å². The van der Waals surface area contributed by atoms with Crippen LogP contribution in [-0.2, 0) is 9.59 Å². The fourth-order valence-corrected chi connectivity index (χ4v) is 5.40. The number of halogens is 2. The predicted octanol–water partition coefficient (Wildman–Crippen LogP) is 5.10. The molecular weight excluding hydrogens is 469 g/mol. The third-order valence-electron chi connectivity index (χ3n) is 7.36. The molecule has 1 aliphatic heterocycles. The van der Waals surface area contributed by atoms with E-state index in [4.69, 9.17) is 17.3 Å². The van der Waals surface area contributed by atoms with E-state index in [9.17, 15) is 14.0 Å². The van der Waals surface area contributed by atoms with Crippen LogP contribution in [-0.4, -0.2) is 39.3 Å². The standard InChI is InChI=1S/C26H25ClFN5O2/c1-33-23(35)4-8-26(33)6-2-15(3-7-26)10-22(34)32-21-12-16-11-17(19-13-30-9-5-20(19)27)24(28)25(29)18(16)14-31-21/h5,9-14H,2-4,6-8,29H2,1H3,(H,31,32,34). The number of pyridine rings is 2. The van der Waals surface area contributed by atoms with Crippen molar-refractivity contribution in [1.29, 1.82) is 0 Å². The van der Waals surface area contributed by atoms with Gasteiger partial charge in [-0.05, 0) is 55.7 Å². The molecule has 0 bridgehead atoms. The molecule has 2 aromatic heterocycles. The molecule has 2 amide bonds. The Bertz CT molecular complexity index is 1380. The number of nitrogens with one attached hydrogen (secondary N) is 1. The van der Waals surface area contributed by atoms with Crippen molar-refractivity contribution in [3.63, 3.8) is 0 Å². The topological polar surface area (TPSA) is 101 Å². The van der Waals surface area contributed by atoms with Crippen molar-refractivity contribution in [3.05, 3.63) is 59.3 Å². The zero-order chi connectivity index (χ0) is 24.7. The van der Waals surface area contributed by atoms with Crippen molar-refractivity contribution in [2.45, 2.75) is 44.1 Å². The molecule has 0 radical (unpaired) electrons. The Morgan fingerprint density at radius 3 is 2.63 bits per heavy atom. The zero-order valence-electron chi connectivity index (χ0n) is 19.3. The number of likely N-dealkylation sites (tertiary alicyclic amines) is 1. The lowest BCUT2D eigenvalue weighted by Gasteiger charge is -2.40. The number of amides is 2. The van der Waals surface area contributed by atoms with Crippen LogP contribution in [0.4, 0.5) is 15.9 Å². The molecule has 1 aromatic carbocycles. The number of anilines is 2. The van der Waals surface area contributed by atoms with E-state index in [1.807, 2.05) is 11.9 Å². The minimum Gasteiger partial charge on any atom is -0.396 e. The van der Waals surface area contributed by atoms with Gasteiger partial charge in [-0.25, -0.2) is 9.37 Å². The van der Waals surface area contributed by atoms with E-state index in [0.717, 1.165) is 37.7 Å². The van der Waals surface area contributed by atoms with Gasteiger partial charge in [0.05, 0.1) is 10.7 Å². The van der Waals surface area contributed by atoms with Crippen LogP contribution >= 0.6 is 11.6 Å². The summed E-state index contributed by atoms with van der Waals surface area (Å²) in [5, 5.41) is 4.21. The SMILES string of the molecule is CN1C(=O)CCC12CCC(=CC(=O)Nc1cc3cc(-c4cnccc4Cl)c(F)c(N)c3cn1)CC2. The summed E-state index contributed by atoms with van der Waals surface area (Å²) < 4.78 is 15.0. The number of nitrogens with two attached hydrogens (primary N) is 1. The first-order chi connectivity index (χ1) is 16.8. The van der Waals surface area contributed by atoms with Crippen molar-refractivity contribution < 1.29 is 14.0 Å². The normalized spacial score (nSPS) is 20.0. The van der Waals surface area contributed by atoms with Crippen molar-refractivity contribution >= 4 is 45.7 Å². The lowest BCUT2D eigenvalue weighted by Crippen LogP contribution is -2.44. The monoisotopic (exact) mass is 493 g/mol. The van der Waals surface area contributed by atoms with Crippen LogP contribution in [0, 0.1) is 5.82 Å². The van der Waals surface area contributed by atoms with E-state index in [1.54, 1.807) is 24.3 Å². The zero-order valence-corrected chi connectivity index (χ0v) is 20.0.